The van der Waals surface area contributed by atoms with E-state index in [0.717, 1.165) is 24.8 Å². The molecular weight excluding hydrogens is 271 g/mol. The van der Waals surface area contributed by atoms with Gasteiger partial charge in [-0.05, 0) is 30.4 Å². The summed E-state index contributed by atoms with van der Waals surface area (Å²) in [6.07, 6.45) is 4.33. The van der Waals surface area contributed by atoms with E-state index in [-0.39, 0.29) is 11.7 Å². The second kappa shape index (κ2) is 4.43. The molecule has 0 saturated heterocycles. The molecule has 0 amide bonds. The molecule has 18 heavy (non-hydrogen) atoms. The van der Waals surface area contributed by atoms with Gasteiger partial charge in [0, 0.05) is 11.5 Å². The van der Waals surface area contributed by atoms with E-state index >= 15 is 0 Å². The summed E-state index contributed by atoms with van der Waals surface area (Å²) in [5.74, 6) is 1.16. The molecule has 0 radical (unpaired) electrons. The second-order valence-electron chi connectivity index (χ2n) is 5.03. The Morgan fingerprint density at radius 3 is 2.50 bits per heavy atom. The minimum absolute atomic E-state index is 0.106. The van der Waals surface area contributed by atoms with Crippen LogP contribution in [0.25, 0.3) is 0 Å². The van der Waals surface area contributed by atoms with E-state index in [0.29, 0.717) is 27.3 Å². The maximum atomic E-state index is 12.4. The molecule has 1 aromatic rings. The van der Waals surface area contributed by atoms with E-state index in [1.54, 1.807) is 7.11 Å². The Morgan fingerprint density at radius 2 is 1.83 bits per heavy atom. The monoisotopic (exact) mass is 284 g/mol. The Bertz CT molecular complexity index is 525. The average Bonchev–Trinajstić information content (AvgIpc) is 2.68. The number of fused-ring (bicyclic) bond motifs is 3. The van der Waals surface area contributed by atoms with Crippen LogP contribution in [0.1, 0.15) is 47.5 Å². The number of halogens is 2. The summed E-state index contributed by atoms with van der Waals surface area (Å²) in [4.78, 5) is 12.4. The van der Waals surface area contributed by atoms with Gasteiger partial charge in [-0.3, -0.25) is 4.79 Å². The third kappa shape index (κ3) is 1.59. The number of methoxy groups -OCH3 is 1. The van der Waals surface area contributed by atoms with Gasteiger partial charge in [-0.1, -0.05) is 36.0 Å². The van der Waals surface area contributed by atoms with Crippen LogP contribution >= 0.6 is 23.2 Å². The Kier molecular flexibility index (Phi) is 3.03. The molecule has 2 aliphatic carbocycles. The normalized spacial score (nSPS) is 25.8. The highest BCUT2D eigenvalue weighted by atomic mass is 35.5. The first-order valence-electron chi connectivity index (χ1n) is 6.25. The van der Waals surface area contributed by atoms with Crippen molar-refractivity contribution in [2.45, 2.75) is 31.6 Å². The lowest BCUT2D eigenvalue weighted by Crippen LogP contribution is -2.17. The third-order valence-electron chi connectivity index (χ3n) is 4.17. The van der Waals surface area contributed by atoms with Gasteiger partial charge in [0.05, 0.1) is 12.1 Å². The lowest BCUT2D eigenvalue weighted by Gasteiger charge is -2.24. The van der Waals surface area contributed by atoms with Crippen molar-refractivity contribution < 1.29 is 9.53 Å². The number of ether oxygens (including phenoxy) is 1. The van der Waals surface area contributed by atoms with E-state index in [1.807, 2.05) is 6.07 Å². The summed E-state index contributed by atoms with van der Waals surface area (Å²) in [5.41, 5.74) is 1.68. The van der Waals surface area contributed by atoms with Crippen LogP contribution in [0.4, 0.5) is 0 Å². The average molecular weight is 285 g/mol. The standard InChI is InChI=1S/C14H14Cl2O2/c1-18-10-6-9-7-4-2-3-5-8(7)14(17)11(9)13(16)12(10)15/h6-8H,2-5H2,1H3/t7-,8-/m1/s1. The summed E-state index contributed by atoms with van der Waals surface area (Å²) >= 11 is 12.4. The fraction of sp³-hybridized carbons (Fsp3) is 0.500. The van der Waals surface area contributed by atoms with Gasteiger partial charge in [0.25, 0.3) is 0 Å². The molecule has 0 heterocycles. The maximum absolute atomic E-state index is 12.4. The molecule has 4 heteroatoms. The van der Waals surface area contributed by atoms with Crippen LogP contribution in [0.5, 0.6) is 5.75 Å². The summed E-state index contributed by atoms with van der Waals surface area (Å²) in [6, 6.07) is 1.90. The fourth-order valence-electron chi connectivity index (χ4n) is 3.32. The number of ketones is 1. The van der Waals surface area contributed by atoms with E-state index in [1.165, 1.54) is 6.42 Å². The molecule has 2 nitrogen and oxygen atoms in total. The van der Waals surface area contributed by atoms with Gasteiger partial charge in [-0.15, -0.1) is 0 Å². The largest absolute Gasteiger partial charge is 0.495 e. The van der Waals surface area contributed by atoms with Crippen LogP contribution in [0, 0.1) is 5.92 Å². The molecule has 3 rings (SSSR count). The first-order chi connectivity index (χ1) is 8.65. The number of carbonyl (C=O) groups excluding carboxylic acids is 1. The summed E-state index contributed by atoms with van der Waals surface area (Å²) < 4.78 is 5.24. The molecule has 1 fully saturated rings. The number of rotatable bonds is 1. The Morgan fingerprint density at radius 1 is 1.17 bits per heavy atom. The third-order valence-corrected chi connectivity index (χ3v) is 5.02. The topological polar surface area (TPSA) is 26.3 Å². The minimum Gasteiger partial charge on any atom is -0.495 e. The van der Waals surface area contributed by atoms with E-state index in [4.69, 9.17) is 27.9 Å². The number of hydrogen-bond acceptors (Lipinski definition) is 2. The molecule has 0 aromatic heterocycles. The van der Waals surface area contributed by atoms with Crippen LogP contribution < -0.4 is 4.74 Å². The lowest BCUT2D eigenvalue weighted by molar-refractivity contribution is 0.0898. The fourth-order valence-corrected chi connectivity index (χ4v) is 3.84. The van der Waals surface area contributed by atoms with Gasteiger partial charge >= 0.3 is 0 Å². The molecule has 0 N–H and O–H groups in total. The molecule has 0 aliphatic heterocycles. The summed E-state index contributed by atoms with van der Waals surface area (Å²) in [7, 11) is 1.57. The van der Waals surface area contributed by atoms with Crippen molar-refractivity contribution in [3.05, 3.63) is 27.2 Å². The minimum atomic E-state index is 0.106. The van der Waals surface area contributed by atoms with Crippen LogP contribution in [-0.2, 0) is 0 Å². The van der Waals surface area contributed by atoms with Crippen molar-refractivity contribution in [1.29, 1.82) is 0 Å². The van der Waals surface area contributed by atoms with Crippen molar-refractivity contribution in [2.75, 3.05) is 7.11 Å². The van der Waals surface area contributed by atoms with Crippen molar-refractivity contribution in [3.8, 4) is 5.75 Å². The van der Waals surface area contributed by atoms with Crippen molar-refractivity contribution in [2.24, 2.45) is 5.92 Å². The zero-order chi connectivity index (χ0) is 12.9. The van der Waals surface area contributed by atoms with Gasteiger partial charge in [0.1, 0.15) is 10.8 Å². The zero-order valence-corrected chi connectivity index (χ0v) is 11.6. The summed E-state index contributed by atoms with van der Waals surface area (Å²) in [6.45, 7) is 0. The molecule has 1 aromatic carbocycles. The van der Waals surface area contributed by atoms with Crippen LogP contribution in [0.2, 0.25) is 10.0 Å². The van der Waals surface area contributed by atoms with Gasteiger partial charge in [0.2, 0.25) is 0 Å². The van der Waals surface area contributed by atoms with E-state index < -0.39 is 0 Å². The van der Waals surface area contributed by atoms with Gasteiger partial charge in [-0.2, -0.15) is 0 Å². The zero-order valence-electron chi connectivity index (χ0n) is 10.1. The van der Waals surface area contributed by atoms with Crippen molar-refractivity contribution in [1.82, 2.24) is 0 Å². The van der Waals surface area contributed by atoms with E-state index in [2.05, 4.69) is 0 Å². The van der Waals surface area contributed by atoms with Crippen LogP contribution in [0.15, 0.2) is 6.07 Å². The maximum Gasteiger partial charge on any atom is 0.168 e. The first-order valence-corrected chi connectivity index (χ1v) is 7.00. The van der Waals surface area contributed by atoms with Gasteiger partial charge < -0.3 is 4.74 Å². The highest BCUT2D eigenvalue weighted by molar-refractivity contribution is 6.45. The quantitative estimate of drug-likeness (QED) is 0.760. The molecular formula is C14H14Cl2O2. The number of benzene rings is 1. The smallest absolute Gasteiger partial charge is 0.168 e. The Labute approximate surface area is 116 Å². The van der Waals surface area contributed by atoms with E-state index in [9.17, 15) is 4.79 Å². The summed E-state index contributed by atoms with van der Waals surface area (Å²) in [5, 5.41) is 0.718. The predicted octanol–water partition coefficient (Wildman–Crippen LogP) is 4.47. The SMILES string of the molecule is COc1cc2c(c(Cl)c1Cl)C(=O)[C@@H]1CCCC[C@@H]21. The molecule has 96 valence electrons. The van der Waals surface area contributed by atoms with Crippen LogP contribution in [-0.4, -0.2) is 12.9 Å². The number of carbonyl (C=O) groups is 1. The molecule has 1 saturated carbocycles. The van der Waals surface area contributed by atoms with Crippen molar-refractivity contribution in [3.63, 3.8) is 0 Å². The predicted molar refractivity (Wildman–Crippen MR) is 72.0 cm³/mol. The van der Waals surface area contributed by atoms with Crippen LogP contribution in [0.3, 0.4) is 0 Å². The molecule has 0 spiro atoms. The molecule has 0 bridgehead atoms. The van der Waals surface area contributed by atoms with Crippen molar-refractivity contribution >= 4 is 29.0 Å². The highest BCUT2D eigenvalue weighted by Gasteiger charge is 2.43. The van der Waals surface area contributed by atoms with Gasteiger partial charge in [0.15, 0.2) is 5.78 Å². The lowest BCUT2D eigenvalue weighted by atomic mass is 9.79. The molecule has 2 atom stereocenters. The highest BCUT2D eigenvalue weighted by Crippen LogP contribution is 2.51. The Balaban J connectivity index is 2.19. The first kappa shape index (κ1) is 12.3. The second-order valence-corrected chi connectivity index (χ2v) is 5.79. The Hall–Kier alpha value is -0.730. The van der Waals surface area contributed by atoms with Gasteiger partial charge in [-0.25, -0.2) is 0 Å². The molecule has 0 unspecified atom stereocenters. The number of hydrogen-bond donors (Lipinski definition) is 0. The molecule has 2 aliphatic rings. The number of Topliss-reactive ketones (excluding diaryl/α,β-unsaturated/α-hetero) is 1.